The minimum absolute atomic E-state index is 0.919. The molecule has 1 fully saturated rings. The van der Waals surface area contributed by atoms with Gasteiger partial charge in [0.15, 0.2) is 0 Å². The molecule has 1 aliphatic rings. The number of hydrogen-bond donors (Lipinski definition) is 0. The first-order valence-corrected chi connectivity index (χ1v) is 6.07. The molecule has 15 heavy (non-hydrogen) atoms. The summed E-state index contributed by atoms with van der Waals surface area (Å²) in [6.45, 7) is 1.96. The largest absolute Gasteiger partial charge is 0.381 e. The Labute approximate surface area is 92.5 Å². The zero-order valence-corrected chi connectivity index (χ0v) is 9.32. The first kappa shape index (κ1) is 10.7. The third-order valence-corrected chi connectivity index (χ3v) is 3.26. The Morgan fingerprint density at radius 2 is 1.80 bits per heavy atom. The zero-order valence-electron chi connectivity index (χ0n) is 9.32. The molecule has 0 aliphatic carbocycles. The van der Waals surface area contributed by atoms with Crippen LogP contribution in [0.1, 0.15) is 31.2 Å². The second kappa shape index (κ2) is 5.92. The van der Waals surface area contributed by atoms with Crippen LogP contribution in [0.2, 0.25) is 0 Å². The fourth-order valence-corrected chi connectivity index (χ4v) is 2.27. The van der Waals surface area contributed by atoms with E-state index in [-0.39, 0.29) is 0 Å². The summed E-state index contributed by atoms with van der Waals surface area (Å²) in [5.74, 6) is 0.919. The molecule has 1 aliphatic heterocycles. The van der Waals surface area contributed by atoms with Gasteiger partial charge in [-0.1, -0.05) is 30.3 Å². The highest BCUT2D eigenvalue weighted by Gasteiger charge is 2.12. The average molecular weight is 204 g/mol. The molecule has 2 rings (SSSR count). The topological polar surface area (TPSA) is 9.23 Å². The first-order chi connectivity index (χ1) is 7.45. The summed E-state index contributed by atoms with van der Waals surface area (Å²) in [6, 6.07) is 10.8. The fourth-order valence-electron chi connectivity index (χ4n) is 2.27. The quantitative estimate of drug-likeness (QED) is 0.730. The van der Waals surface area contributed by atoms with Crippen molar-refractivity contribution in [2.45, 2.75) is 32.1 Å². The molecule has 0 radical (unpaired) electrons. The Morgan fingerprint density at radius 3 is 2.53 bits per heavy atom. The number of ether oxygens (including phenoxy) is 1. The summed E-state index contributed by atoms with van der Waals surface area (Å²) in [5, 5.41) is 0. The van der Waals surface area contributed by atoms with Crippen LogP contribution in [-0.2, 0) is 11.2 Å². The van der Waals surface area contributed by atoms with Crippen LogP contribution in [0.25, 0.3) is 0 Å². The van der Waals surface area contributed by atoms with E-state index in [0.717, 1.165) is 19.1 Å². The van der Waals surface area contributed by atoms with Crippen molar-refractivity contribution in [3.05, 3.63) is 35.9 Å². The predicted molar refractivity (Wildman–Crippen MR) is 62.9 cm³/mol. The van der Waals surface area contributed by atoms with Crippen LogP contribution in [0.15, 0.2) is 30.3 Å². The standard InChI is InChI=1S/C14H20O/c1-2-5-13(6-3-1)7-4-8-14-9-11-15-12-10-14/h1-3,5-6,14H,4,7-12H2. The molecule has 0 atom stereocenters. The summed E-state index contributed by atoms with van der Waals surface area (Å²) < 4.78 is 5.36. The van der Waals surface area contributed by atoms with Crippen molar-refractivity contribution in [3.8, 4) is 0 Å². The van der Waals surface area contributed by atoms with Gasteiger partial charge in [0.05, 0.1) is 0 Å². The van der Waals surface area contributed by atoms with Crippen molar-refractivity contribution in [2.24, 2.45) is 5.92 Å². The number of rotatable bonds is 4. The highest BCUT2D eigenvalue weighted by atomic mass is 16.5. The molecule has 1 saturated heterocycles. The van der Waals surface area contributed by atoms with Crippen LogP contribution in [0.3, 0.4) is 0 Å². The average Bonchev–Trinajstić information content (AvgIpc) is 2.32. The van der Waals surface area contributed by atoms with Gasteiger partial charge in [-0.05, 0) is 43.6 Å². The van der Waals surface area contributed by atoms with Crippen molar-refractivity contribution in [1.29, 1.82) is 0 Å². The van der Waals surface area contributed by atoms with E-state index in [4.69, 9.17) is 4.74 Å². The molecule has 0 spiro atoms. The van der Waals surface area contributed by atoms with E-state index >= 15 is 0 Å². The highest BCUT2D eigenvalue weighted by Crippen LogP contribution is 2.20. The molecule has 1 heteroatoms. The minimum atomic E-state index is 0.919. The molecular formula is C14H20O. The second-order valence-electron chi connectivity index (χ2n) is 4.43. The van der Waals surface area contributed by atoms with E-state index in [9.17, 15) is 0 Å². The number of benzene rings is 1. The van der Waals surface area contributed by atoms with Gasteiger partial charge in [0.25, 0.3) is 0 Å². The fraction of sp³-hybridized carbons (Fsp3) is 0.571. The predicted octanol–water partition coefficient (Wildman–Crippen LogP) is 3.44. The SMILES string of the molecule is c1ccc(CCCC2CCOCC2)cc1. The molecule has 1 nitrogen and oxygen atoms in total. The molecule has 0 saturated carbocycles. The van der Waals surface area contributed by atoms with Gasteiger partial charge in [0.1, 0.15) is 0 Å². The van der Waals surface area contributed by atoms with Gasteiger partial charge >= 0.3 is 0 Å². The van der Waals surface area contributed by atoms with E-state index in [1.54, 1.807) is 0 Å². The van der Waals surface area contributed by atoms with Crippen LogP contribution in [0, 0.1) is 5.92 Å². The van der Waals surface area contributed by atoms with Gasteiger partial charge in [0, 0.05) is 13.2 Å². The normalized spacial score (nSPS) is 17.9. The van der Waals surface area contributed by atoms with Crippen LogP contribution in [-0.4, -0.2) is 13.2 Å². The van der Waals surface area contributed by atoms with Crippen molar-refractivity contribution in [2.75, 3.05) is 13.2 Å². The summed E-state index contributed by atoms with van der Waals surface area (Å²) in [6.07, 6.45) is 6.48. The smallest absolute Gasteiger partial charge is 0.0468 e. The molecule has 0 N–H and O–H groups in total. The Hall–Kier alpha value is -0.820. The van der Waals surface area contributed by atoms with E-state index < -0.39 is 0 Å². The Bertz CT molecular complexity index is 262. The third kappa shape index (κ3) is 3.67. The van der Waals surface area contributed by atoms with E-state index in [1.165, 1.54) is 37.7 Å². The second-order valence-corrected chi connectivity index (χ2v) is 4.43. The lowest BCUT2D eigenvalue weighted by Gasteiger charge is -2.21. The van der Waals surface area contributed by atoms with Gasteiger partial charge in [-0.15, -0.1) is 0 Å². The molecule has 1 aromatic carbocycles. The van der Waals surface area contributed by atoms with Crippen LogP contribution < -0.4 is 0 Å². The lowest BCUT2D eigenvalue weighted by atomic mass is 9.93. The summed E-state index contributed by atoms with van der Waals surface area (Å²) >= 11 is 0. The lowest BCUT2D eigenvalue weighted by Crippen LogP contribution is -2.15. The monoisotopic (exact) mass is 204 g/mol. The molecule has 82 valence electrons. The van der Waals surface area contributed by atoms with Crippen LogP contribution in [0.4, 0.5) is 0 Å². The van der Waals surface area contributed by atoms with Crippen molar-refractivity contribution < 1.29 is 4.74 Å². The maximum atomic E-state index is 5.36. The minimum Gasteiger partial charge on any atom is -0.381 e. The van der Waals surface area contributed by atoms with E-state index in [0.29, 0.717) is 0 Å². The molecule has 0 bridgehead atoms. The summed E-state index contributed by atoms with van der Waals surface area (Å²) in [5.41, 5.74) is 1.48. The van der Waals surface area contributed by atoms with Gasteiger partial charge in [0.2, 0.25) is 0 Å². The number of hydrogen-bond acceptors (Lipinski definition) is 1. The number of aryl methyl sites for hydroxylation is 1. The van der Waals surface area contributed by atoms with Gasteiger partial charge in [-0.25, -0.2) is 0 Å². The Morgan fingerprint density at radius 1 is 1.07 bits per heavy atom. The van der Waals surface area contributed by atoms with Crippen molar-refractivity contribution in [3.63, 3.8) is 0 Å². The Balaban J connectivity index is 1.66. The maximum Gasteiger partial charge on any atom is 0.0468 e. The van der Waals surface area contributed by atoms with Crippen LogP contribution >= 0.6 is 0 Å². The van der Waals surface area contributed by atoms with E-state index in [1.807, 2.05) is 0 Å². The molecule has 1 aromatic rings. The molecule has 0 amide bonds. The third-order valence-electron chi connectivity index (χ3n) is 3.26. The molecule has 1 heterocycles. The van der Waals surface area contributed by atoms with Crippen molar-refractivity contribution >= 4 is 0 Å². The van der Waals surface area contributed by atoms with Crippen LogP contribution in [0.5, 0.6) is 0 Å². The van der Waals surface area contributed by atoms with Crippen molar-refractivity contribution in [1.82, 2.24) is 0 Å². The molecular weight excluding hydrogens is 184 g/mol. The summed E-state index contributed by atoms with van der Waals surface area (Å²) in [7, 11) is 0. The van der Waals surface area contributed by atoms with Gasteiger partial charge in [-0.2, -0.15) is 0 Å². The molecule has 0 unspecified atom stereocenters. The molecule has 0 aromatic heterocycles. The summed E-state index contributed by atoms with van der Waals surface area (Å²) in [4.78, 5) is 0. The maximum absolute atomic E-state index is 5.36. The lowest BCUT2D eigenvalue weighted by molar-refractivity contribution is 0.0633. The highest BCUT2D eigenvalue weighted by molar-refractivity contribution is 5.14. The Kier molecular flexibility index (Phi) is 4.22. The first-order valence-electron chi connectivity index (χ1n) is 6.07. The van der Waals surface area contributed by atoms with Gasteiger partial charge in [-0.3, -0.25) is 0 Å². The van der Waals surface area contributed by atoms with Gasteiger partial charge < -0.3 is 4.74 Å². The van der Waals surface area contributed by atoms with E-state index in [2.05, 4.69) is 30.3 Å². The zero-order chi connectivity index (χ0) is 10.3.